The van der Waals surface area contributed by atoms with E-state index >= 15 is 0 Å². The van der Waals surface area contributed by atoms with Gasteiger partial charge in [0.2, 0.25) is 0 Å². The van der Waals surface area contributed by atoms with E-state index in [1.54, 1.807) is 18.1 Å². The minimum atomic E-state index is 0.730. The molecule has 0 spiro atoms. The van der Waals surface area contributed by atoms with E-state index in [1.165, 1.54) is 27.1 Å². The van der Waals surface area contributed by atoms with Crippen LogP contribution in [0.3, 0.4) is 0 Å². The van der Waals surface area contributed by atoms with Gasteiger partial charge in [-0.25, -0.2) is 9.38 Å². The van der Waals surface area contributed by atoms with Crippen molar-refractivity contribution >= 4 is 44.7 Å². The second-order valence-electron chi connectivity index (χ2n) is 6.25. The summed E-state index contributed by atoms with van der Waals surface area (Å²) in [6.07, 6.45) is 6.99. The molecule has 4 heterocycles. The van der Waals surface area contributed by atoms with Crippen molar-refractivity contribution in [3.8, 4) is 0 Å². The van der Waals surface area contributed by atoms with Crippen LogP contribution in [0.4, 0.5) is 0 Å². The molecule has 1 atom stereocenters. The summed E-state index contributed by atoms with van der Waals surface area (Å²) in [5.74, 6) is 2.28. The van der Waals surface area contributed by atoms with Crippen LogP contribution in [0, 0.1) is 5.92 Å². The second kappa shape index (κ2) is 5.29. The highest BCUT2D eigenvalue weighted by atomic mass is 32.2. The molecule has 1 unspecified atom stereocenters. The van der Waals surface area contributed by atoms with E-state index in [9.17, 15) is 0 Å². The van der Waals surface area contributed by atoms with Gasteiger partial charge in [0.25, 0.3) is 5.78 Å². The molecule has 0 aromatic carbocycles. The highest BCUT2D eigenvalue weighted by Gasteiger charge is 2.26. The van der Waals surface area contributed by atoms with Crippen molar-refractivity contribution in [2.24, 2.45) is 5.92 Å². The van der Waals surface area contributed by atoms with Crippen LogP contribution >= 0.6 is 23.1 Å². The normalized spacial score (nSPS) is 17.8. The molecule has 0 saturated heterocycles. The summed E-state index contributed by atoms with van der Waals surface area (Å²) in [6.45, 7) is 6.14. The molecule has 0 N–H and O–H groups in total. The Labute approximate surface area is 146 Å². The van der Waals surface area contributed by atoms with Gasteiger partial charge in [-0.1, -0.05) is 24.8 Å². The minimum absolute atomic E-state index is 0.730. The molecule has 122 valence electrons. The first kappa shape index (κ1) is 14.4. The standard InChI is InChI=1S/C16H16N6S2/c1-3-6-23-16-20-19-15-21(16)14-12(13-17-8-18-22(13)15)10-5-4-9(2)7-11(10)24-14/h3,8-9H,1,4-7H2,2H3. The molecule has 4 aromatic heterocycles. The summed E-state index contributed by atoms with van der Waals surface area (Å²) in [7, 11) is 0. The predicted octanol–water partition coefficient (Wildman–Crippen LogP) is 3.39. The van der Waals surface area contributed by atoms with Crippen molar-refractivity contribution in [3.63, 3.8) is 0 Å². The first-order chi connectivity index (χ1) is 11.8. The van der Waals surface area contributed by atoms with Crippen LogP contribution < -0.4 is 0 Å². The molecule has 0 aliphatic heterocycles. The Hall–Kier alpha value is -1.93. The van der Waals surface area contributed by atoms with Crippen molar-refractivity contribution < 1.29 is 0 Å². The number of thiophene rings is 1. The summed E-state index contributed by atoms with van der Waals surface area (Å²) in [4.78, 5) is 7.20. The number of rotatable bonds is 3. The van der Waals surface area contributed by atoms with Gasteiger partial charge in [0.05, 0.1) is 5.39 Å². The van der Waals surface area contributed by atoms with Crippen LogP contribution in [-0.2, 0) is 12.8 Å². The molecule has 4 aromatic rings. The van der Waals surface area contributed by atoms with Crippen molar-refractivity contribution in [1.82, 2.24) is 29.2 Å². The maximum absolute atomic E-state index is 4.52. The maximum atomic E-state index is 4.52. The Balaban J connectivity index is 1.92. The van der Waals surface area contributed by atoms with Crippen LogP contribution in [0.2, 0.25) is 0 Å². The van der Waals surface area contributed by atoms with Gasteiger partial charge in [-0.3, -0.25) is 0 Å². The Morgan fingerprint density at radius 2 is 2.38 bits per heavy atom. The van der Waals surface area contributed by atoms with Crippen molar-refractivity contribution in [1.29, 1.82) is 0 Å². The van der Waals surface area contributed by atoms with E-state index in [2.05, 4.69) is 38.2 Å². The molecular weight excluding hydrogens is 340 g/mol. The molecule has 0 amide bonds. The lowest BCUT2D eigenvalue weighted by molar-refractivity contribution is 0.509. The fourth-order valence-corrected chi connectivity index (χ4v) is 5.72. The average molecular weight is 356 g/mol. The first-order valence-corrected chi connectivity index (χ1v) is 9.83. The van der Waals surface area contributed by atoms with Crippen molar-refractivity contribution in [2.75, 3.05) is 5.75 Å². The number of aryl methyl sites for hydroxylation is 1. The average Bonchev–Trinajstić information content (AvgIpc) is 3.27. The fourth-order valence-electron chi connectivity index (χ4n) is 3.49. The minimum Gasteiger partial charge on any atom is -0.244 e. The summed E-state index contributed by atoms with van der Waals surface area (Å²) in [5.41, 5.74) is 2.35. The second-order valence-corrected chi connectivity index (χ2v) is 8.32. The quantitative estimate of drug-likeness (QED) is 0.416. The molecule has 8 heteroatoms. The zero-order valence-corrected chi connectivity index (χ0v) is 14.9. The highest BCUT2D eigenvalue weighted by Crippen LogP contribution is 2.40. The molecule has 1 aliphatic rings. The van der Waals surface area contributed by atoms with E-state index in [-0.39, 0.29) is 0 Å². The number of hydrogen-bond donors (Lipinski definition) is 0. The van der Waals surface area contributed by atoms with Gasteiger partial charge >= 0.3 is 0 Å². The smallest absolute Gasteiger partial charge is 0.244 e. The first-order valence-electron chi connectivity index (χ1n) is 8.02. The van der Waals surface area contributed by atoms with Gasteiger partial charge in [0.15, 0.2) is 10.8 Å². The number of aromatic nitrogens is 6. The maximum Gasteiger partial charge on any atom is 0.260 e. The number of fused-ring (bicyclic) bond motifs is 8. The molecule has 0 bridgehead atoms. The third kappa shape index (κ3) is 1.89. The molecule has 1 aliphatic carbocycles. The van der Waals surface area contributed by atoms with Gasteiger partial charge in [0.1, 0.15) is 11.2 Å². The molecular formula is C16H16N6S2. The van der Waals surface area contributed by atoms with Gasteiger partial charge in [0, 0.05) is 10.6 Å². The third-order valence-electron chi connectivity index (χ3n) is 4.60. The summed E-state index contributed by atoms with van der Waals surface area (Å²) in [5, 5.41) is 15.3. The Morgan fingerprint density at radius 1 is 1.46 bits per heavy atom. The molecule has 24 heavy (non-hydrogen) atoms. The number of nitrogens with zero attached hydrogens (tertiary/aromatic N) is 6. The SMILES string of the molecule is C=CCSc1nnc2n3ncnc3c3c4c(sc3n12)CC(C)CC4. The van der Waals surface area contributed by atoms with Gasteiger partial charge in [-0.05, 0) is 30.7 Å². The van der Waals surface area contributed by atoms with Crippen LogP contribution in [0.15, 0.2) is 24.1 Å². The summed E-state index contributed by atoms with van der Waals surface area (Å²) in [6, 6.07) is 0. The fraction of sp³-hybridized carbons (Fsp3) is 0.375. The van der Waals surface area contributed by atoms with Crippen LogP contribution in [0.25, 0.3) is 21.6 Å². The van der Waals surface area contributed by atoms with E-state index in [0.29, 0.717) is 0 Å². The topological polar surface area (TPSA) is 60.4 Å². The number of thioether (sulfide) groups is 1. The highest BCUT2D eigenvalue weighted by molar-refractivity contribution is 7.99. The molecule has 0 radical (unpaired) electrons. The van der Waals surface area contributed by atoms with Crippen molar-refractivity contribution in [2.45, 2.75) is 31.3 Å². The van der Waals surface area contributed by atoms with Gasteiger partial charge in [-0.15, -0.1) is 28.1 Å². The lowest BCUT2D eigenvalue weighted by atomic mass is 9.89. The molecule has 0 fully saturated rings. The van der Waals surface area contributed by atoms with E-state index in [0.717, 1.165) is 41.1 Å². The molecule has 5 rings (SSSR count). The third-order valence-corrected chi connectivity index (χ3v) is 6.77. The van der Waals surface area contributed by atoms with Crippen molar-refractivity contribution in [3.05, 3.63) is 29.4 Å². The van der Waals surface area contributed by atoms with E-state index in [4.69, 9.17) is 0 Å². The zero-order chi connectivity index (χ0) is 16.3. The van der Waals surface area contributed by atoms with Crippen LogP contribution in [-0.4, -0.2) is 34.9 Å². The van der Waals surface area contributed by atoms with E-state index in [1.807, 2.05) is 21.9 Å². The Bertz CT molecular complexity index is 1090. The predicted molar refractivity (Wildman–Crippen MR) is 97.0 cm³/mol. The van der Waals surface area contributed by atoms with Crippen LogP contribution in [0.5, 0.6) is 0 Å². The summed E-state index contributed by atoms with van der Waals surface area (Å²) < 4.78 is 3.96. The molecule has 6 nitrogen and oxygen atoms in total. The largest absolute Gasteiger partial charge is 0.260 e. The van der Waals surface area contributed by atoms with Gasteiger partial charge < -0.3 is 0 Å². The molecule has 0 saturated carbocycles. The van der Waals surface area contributed by atoms with Crippen LogP contribution in [0.1, 0.15) is 23.8 Å². The monoisotopic (exact) mass is 356 g/mol. The number of hydrogen-bond acceptors (Lipinski definition) is 6. The van der Waals surface area contributed by atoms with Gasteiger partial charge in [-0.2, -0.15) is 9.61 Å². The lowest BCUT2D eigenvalue weighted by Gasteiger charge is -2.17. The Kier molecular flexibility index (Phi) is 3.18. The lowest BCUT2D eigenvalue weighted by Crippen LogP contribution is -2.08. The zero-order valence-electron chi connectivity index (χ0n) is 13.3. The summed E-state index contributed by atoms with van der Waals surface area (Å²) >= 11 is 3.51. The Morgan fingerprint density at radius 3 is 3.25 bits per heavy atom. The van der Waals surface area contributed by atoms with E-state index < -0.39 is 0 Å².